The number of benzene rings is 1. The van der Waals surface area contributed by atoms with Gasteiger partial charge in [-0.1, -0.05) is 30.3 Å². The molecule has 11 heteroatoms. The number of halogens is 3. The molecule has 1 aliphatic heterocycles. The van der Waals surface area contributed by atoms with Gasteiger partial charge in [-0.15, -0.1) is 11.3 Å². The Morgan fingerprint density at radius 3 is 2.36 bits per heavy atom. The lowest BCUT2D eigenvalue weighted by Crippen LogP contribution is -2.49. The molecule has 0 radical (unpaired) electrons. The summed E-state index contributed by atoms with van der Waals surface area (Å²) in [6.45, 7) is 5.16. The Labute approximate surface area is 200 Å². The first-order valence-electron chi connectivity index (χ1n) is 10.0. The molecule has 3 rings (SSSR count). The van der Waals surface area contributed by atoms with Crippen LogP contribution in [0.5, 0.6) is 0 Å². The van der Waals surface area contributed by atoms with Crippen molar-refractivity contribution in [3.05, 3.63) is 46.7 Å². The lowest BCUT2D eigenvalue weighted by Gasteiger charge is -2.46. The number of esters is 1. The fourth-order valence-electron chi connectivity index (χ4n) is 3.17. The second-order valence-electron chi connectivity index (χ2n) is 8.77. The van der Waals surface area contributed by atoms with Gasteiger partial charge in [0.15, 0.2) is 6.61 Å². The standard InChI is InChI=1S/C22H25F3NO4PS2/c1-13-16(26-18(33-13)14-10-8-7-9-11-14)15-17(20(2,3)21(4,5)29-19(15)27)30-31(6,32)28-12-22(23,24)25/h7-11H,12H2,1-6H3. The number of carbonyl (C=O) groups excluding carboxylic acids is 1. The van der Waals surface area contributed by atoms with Crippen molar-refractivity contribution in [3.63, 3.8) is 0 Å². The van der Waals surface area contributed by atoms with E-state index in [2.05, 4.69) is 4.98 Å². The highest BCUT2D eigenvalue weighted by atomic mass is 32.5. The molecule has 0 bridgehead atoms. The molecule has 1 aromatic carbocycles. The van der Waals surface area contributed by atoms with Crippen LogP contribution in [0.3, 0.4) is 0 Å². The zero-order chi connectivity index (χ0) is 24.8. The Bertz CT molecular complexity index is 1140. The zero-order valence-electron chi connectivity index (χ0n) is 19.1. The number of thiazole rings is 1. The predicted molar refractivity (Wildman–Crippen MR) is 126 cm³/mol. The van der Waals surface area contributed by atoms with Gasteiger partial charge in [-0.25, -0.2) is 9.78 Å². The molecule has 0 aliphatic carbocycles. The van der Waals surface area contributed by atoms with E-state index in [1.165, 1.54) is 18.0 Å². The maximum absolute atomic E-state index is 13.2. The summed E-state index contributed by atoms with van der Waals surface area (Å²) >= 11 is 6.68. The summed E-state index contributed by atoms with van der Waals surface area (Å²) in [5.74, 6) is -0.544. The van der Waals surface area contributed by atoms with Crippen molar-refractivity contribution < 1.29 is 31.8 Å². The monoisotopic (exact) mass is 519 g/mol. The van der Waals surface area contributed by atoms with E-state index >= 15 is 0 Å². The number of ether oxygens (including phenoxy) is 1. The molecule has 0 saturated heterocycles. The summed E-state index contributed by atoms with van der Waals surface area (Å²) in [6.07, 6.45) is -4.56. The maximum atomic E-state index is 13.2. The number of alkyl halides is 3. The van der Waals surface area contributed by atoms with E-state index in [0.717, 1.165) is 10.4 Å². The summed E-state index contributed by atoms with van der Waals surface area (Å²) in [4.78, 5) is 18.6. The molecule has 1 aliphatic rings. The molecule has 1 unspecified atom stereocenters. The van der Waals surface area contributed by atoms with Crippen molar-refractivity contribution in [1.29, 1.82) is 0 Å². The minimum atomic E-state index is -4.56. The Balaban J connectivity index is 2.16. The van der Waals surface area contributed by atoms with Gasteiger partial charge in [-0.2, -0.15) is 13.2 Å². The summed E-state index contributed by atoms with van der Waals surface area (Å²) < 4.78 is 54.9. The van der Waals surface area contributed by atoms with Crippen LogP contribution in [0.2, 0.25) is 0 Å². The Morgan fingerprint density at radius 2 is 1.79 bits per heavy atom. The second-order valence-corrected chi connectivity index (χ2v) is 13.9. The number of hydrogen-bond donors (Lipinski definition) is 0. The second kappa shape index (κ2) is 8.80. The molecule has 33 heavy (non-hydrogen) atoms. The number of nitrogens with zero attached hydrogens (tertiary/aromatic N) is 1. The van der Waals surface area contributed by atoms with Crippen LogP contribution in [0.25, 0.3) is 16.1 Å². The lowest BCUT2D eigenvalue weighted by molar-refractivity contribution is -0.165. The number of hydrogen-bond acceptors (Lipinski definition) is 7. The molecular weight excluding hydrogens is 494 g/mol. The van der Waals surface area contributed by atoms with Crippen LogP contribution in [0.4, 0.5) is 13.2 Å². The van der Waals surface area contributed by atoms with Gasteiger partial charge < -0.3 is 13.8 Å². The quantitative estimate of drug-likeness (QED) is 0.312. The van der Waals surface area contributed by atoms with Gasteiger partial charge in [-0.05, 0) is 46.4 Å². The topological polar surface area (TPSA) is 57.6 Å². The number of rotatable bonds is 6. The SMILES string of the molecule is Cc1sc(-c2ccccc2)nc1C1=C(OP(C)(=S)OCC(F)(F)F)C(C)(C)C(C)(C)OC1=O. The molecule has 1 atom stereocenters. The number of cyclic esters (lactones) is 1. The Hall–Kier alpha value is -1.74. The molecule has 0 spiro atoms. The van der Waals surface area contributed by atoms with Crippen molar-refractivity contribution >= 4 is 41.2 Å². The van der Waals surface area contributed by atoms with Crippen LogP contribution in [-0.2, 0) is 30.4 Å². The van der Waals surface area contributed by atoms with Gasteiger partial charge >= 0.3 is 12.1 Å². The predicted octanol–water partition coefficient (Wildman–Crippen LogP) is 6.73. The maximum Gasteiger partial charge on any atom is 0.412 e. The van der Waals surface area contributed by atoms with Gasteiger partial charge in [0.1, 0.15) is 21.9 Å². The molecule has 1 aromatic heterocycles. The van der Waals surface area contributed by atoms with Gasteiger partial charge in [0.05, 0.1) is 11.1 Å². The van der Waals surface area contributed by atoms with Crippen molar-refractivity contribution in [2.24, 2.45) is 5.41 Å². The molecular formula is C22H25F3NO4PS2. The van der Waals surface area contributed by atoms with E-state index in [0.29, 0.717) is 10.7 Å². The third-order valence-electron chi connectivity index (χ3n) is 5.63. The van der Waals surface area contributed by atoms with Crippen LogP contribution in [0.15, 0.2) is 36.1 Å². The fourth-order valence-corrected chi connectivity index (χ4v) is 5.56. The Kier molecular flexibility index (Phi) is 6.90. The van der Waals surface area contributed by atoms with Gasteiger partial charge in [0.25, 0.3) is 0 Å². The van der Waals surface area contributed by atoms with Crippen LogP contribution >= 0.6 is 17.8 Å². The molecule has 0 N–H and O–H groups in total. The van der Waals surface area contributed by atoms with Crippen molar-refractivity contribution in [2.45, 2.75) is 46.4 Å². The van der Waals surface area contributed by atoms with Gasteiger partial charge in [0.2, 0.25) is 6.49 Å². The summed E-state index contributed by atoms with van der Waals surface area (Å²) in [5.41, 5.74) is -0.664. The summed E-state index contributed by atoms with van der Waals surface area (Å²) in [7, 11) is 0. The number of aromatic nitrogens is 1. The zero-order valence-corrected chi connectivity index (χ0v) is 21.6. The molecule has 5 nitrogen and oxygen atoms in total. The molecule has 0 fully saturated rings. The molecule has 2 aromatic rings. The number of carbonyl (C=O) groups is 1. The minimum Gasteiger partial charge on any atom is -0.455 e. The third-order valence-corrected chi connectivity index (χ3v) is 8.30. The molecule has 0 saturated carbocycles. The van der Waals surface area contributed by atoms with E-state index in [1.54, 1.807) is 27.7 Å². The number of aryl methyl sites for hydroxylation is 1. The van der Waals surface area contributed by atoms with Gasteiger partial charge in [0, 0.05) is 17.1 Å². The van der Waals surface area contributed by atoms with E-state index in [-0.39, 0.29) is 11.3 Å². The van der Waals surface area contributed by atoms with Crippen molar-refractivity contribution in [3.8, 4) is 10.6 Å². The first-order chi connectivity index (χ1) is 15.0. The Morgan fingerprint density at radius 1 is 1.18 bits per heavy atom. The highest BCUT2D eigenvalue weighted by molar-refractivity contribution is 8.09. The minimum absolute atomic E-state index is 0.0574. The largest absolute Gasteiger partial charge is 0.455 e. The summed E-state index contributed by atoms with van der Waals surface area (Å²) in [5, 5.41) is 0.689. The van der Waals surface area contributed by atoms with Crippen LogP contribution in [0, 0.1) is 12.3 Å². The normalized spacial score (nSPS) is 19.7. The fraction of sp³-hybridized carbons (Fsp3) is 0.455. The first-order valence-corrected chi connectivity index (χ1v) is 13.9. The highest BCUT2D eigenvalue weighted by Gasteiger charge is 2.53. The van der Waals surface area contributed by atoms with Crippen molar-refractivity contribution in [1.82, 2.24) is 4.98 Å². The van der Waals surface area contributed by atoms with Crippen LogP contribution < -0.4 is 0 Å². The van der Waals surface area contributed by atoms with Gasteiger partial charge in [-0.3, -0.25) is 0 Å². The molecule has 2 heterocycles. The van der Waals surface area contributed by atoms with E-state index < -0.39 is 36.3 Å². The van der Waals surface area contributed by atoms with E-state index in [4.69, 9.17) is 25.6 Å². The summed E-state index contributed by atoms with van der Waals surface area (Å²) in [6, 6.07) is 9.45. The van der Waals surface area contributed by atoms with Crippen molar-refractivity contribution in [2.75, 3.05) is 13.3 Å². The third kappa shape index (κ3) is 5.50. The van der Waals surface area contributed by atoms with Crippen LogP contribution in [-0.4, -0.2) is 36.0 Å². The lowest BCUT2D eigenvalue weighted by atomic mass is 9.72. The van der Waals surface area contributed by atoms with E-state index in [9.17, 15) is 18.0 Å². The molecule has 180 valence electrons. The van der Waals surface area contributed by atoms with E-state index in [1.807, 2.05) is 37.3 Å². The smallest absolute Gasteiger partial charge is 0.412 e. The average molecular weight is 520 g/mol. The first kappa shape index (κ1) is 25.9. The van der Waals surface area contributed by atoms with Crippen LogP contribution in [0.1, 0.15) is 38.3 Å². The average Bonchev–Trinajstić information content (AvgIpc) is 3.06. The highest BCUT2D eigenvalue weighted by Crippen LogP contribution is 2.57. The molecule has 0 amide bonds.